The van der Waals surface area contributed by atoms with E-state index >= 15 is 0 Å². The van der Waals surface area contributed by atoms with E-state index in [4.69, 9.17) is 9.47 Å². The molecule has 0 atom stereocenters. The van der Waals surface area contributed by atoms with Crippen LogP contribution in [0.1, 0.15) is 20.7 Å². The number of hydrogen-bond donors (Lipinski definition) is 1. The van der Waals surface area contributed by atoms with Crippen molar-refractivity contribution in [3.8, 4) is 11.5 Å². The Balaban J connectivity index is 1.45. The van der Waals surface area contributed by atoms with Gasteiger partial charge in [-0.3, -0.25) is 24.5 Å². The van der Waals surface area contributed by atoms with Crippen LogP contribution in [0.3, 0.4) is 0 Å². The standard InChI is InChI=1S/C23H18N2O7/c26-21(15-31-22(27)14-24-23(28)17-4-2-1-3-5-17)16-6-10-19(11-7-16)32-20-12-8-18(9-13-20)25(29)30/h1-13H,14-15H2,(H,24,28). The molecular weight excluding hydrogens is 416 g/mol. The summed E-state index contributed by atoms with van der Waals surface area (Å²) in [6.07, 6.45) is 0. The van der Waals surface area contributed by atoms with Gasteiger partial charge in [-0.15, -0.1) is 0 Å². The van der Waals surface area contributed by atoms with Crippen LogP contribution in [-0.4, -0.2) is 35.7 Å². The number of non-ortho nitro benzene ring substituents is 1. The maximum absolute atomic E-state index is 12.2. The second-order valence-electron chi connectivity index (χ2n) is 6.51. The number of nitro benzene ring substituents is 1. The molecule has 0 unspecified atom stereocenters. The molecule has 9 nitrogen and oxygen atoms in total. The summed E-state index contributed by atoms with van der Waals surface area (Å²) < 4.78 is 10.5. The minimum Gasteiger partial charge on any atom is -0.457 e. The van der Waals surface area contributed by atoms with E-state index in [-0.39, 0.29) is 12.2 Å². The number of benzene rings is 3. The smallest absolute Gasteiger partial charge is 0.325 e. The summed E-state index contributed by atoms with van der Waals surface area (Å²) in [6.45, 7) is -0.828. The summed E-state index contributed by atoms with van der Waals surface area (Å²) >= 11 is 0. The number of carbonyl (C=O) groups is 3. The number of carbonyl (C=O) groups excluding carboxylic acids is 3. The van der Waals surface area contributed by atoms with Gasteiger partial charge in [0.05, 0.1) is 4.92 Å². The molecule has 0 heterocycles. The lowest BCUT2D eigenvalue weighted by atomic mass is 10.1. The van der Waals surface area contributed by atoms with Crippen LogP contribution in [0.15, 0.2) is 78.9 Å². The monoisotopic (exact) mass is 434 g/mol. The Kier molecular flexibility index (Phi) is 7.26. The molecule has 0 bridgehead atoms. The van der Waals surface area contributed by atoms with Gasteiger partial charge in [0, 0.05) is 23.3 Å². The molecule has 0 saturated carbocycles. The highest BCUT2D eigenvalue weighted by Crippen LogP contribution is 2.24. The first-order chi connectivity index (χ1) is 15.4. The van der Waals surface area contributed by atoms with Gasteiger partial charge in [-0.2, -0.15) is 0 Å². The van der Waals surface area contributed by atoms with Crippen molar-refractivity contribution in [3.05, 3.63) is 100 Å². The number of rotatable bonds is 9. The Bertz CT molecular complexity index is 1110. The normalized spacial score (nSPS) is 10.1. The van der Waals surface area contributed by atoms with Gasteiger partial charge in [0.25, 0.3) is 11.6 Å². The molecule has 3 aromatic carbocycles. The van der Waals surface area contributed by atoms with Crippen LogP contribution in [0.25, 0.3) is 0 Å². The summed E-state index contributed by atoms with van der Waals surface area (Å²) in [7, 11) is 0. The molecular formula is C23H18N2O7. The zero-order valence-corrected chi connectivity index (χ0v) is 16.7. The predicted octanol–water partition coefficient (Wildman–Crippen LogP) is 3.54. The number of hydrogen-bond acceptors (Lipinski definition) is 7. The molecule has 0 radical (unpaired) electrons. The van der Waals surface area contributed by atoms with Gasteiger partial charge in [0.2, 0.25) is 0 Å². The van der Waals surface area contributed by atoms with Crippen molar-refractivity contribution in [3.63, 3.8) is 0 Å². The van der Waals surface area contributed by atoms with Gasteiger partial charge in [-0.05, 0) is 48.5 Å². The average Bonchev–Trinajstić information content (AvgIpc) is 2.82. The third kappa shape index (κ3) is 6.23. The van der Waals surface area contributed by atoms with Crippen LogP contribution in [0.2, 0.25) is 0 Å². The second kappa shape index (κ2) is 10.5. The topological polar surface area (TPSA) is 125 Å². The zero-order valence-electron chi connectivity index (χ0n) is 16.7. The Morgan fingerprint density at radius 2 is 1.41 bits per heavy atom. The Morgan fingerprint density at radius 3 is 2.00 bits per heavy atom. The van der Waals surface area contributed by atoms with Crippen LogP contribution in [-0.2, 0) is 9.53 Å². The van der Waals surface area contributed by atoms with E-state index in [1.54, 1.807) is 42.5 Å². The van der Waals surface area contributed by atoms with Crippen molar-refractivity contribution in [2.75, 3.05) is 13.2 Å². The highest BCUT2D eigenvalue weighted by atomic mass is 16.6. The molecule has 3 rings (SSSR count). The van der Waals surface area contributed by atoms with Crippen LogP contribution < -0.4 is 10.1 Å². The maximum atomic E-state index is 12.2. The molecule has 1 amide bonds. The first-order valence-electron chi connectivity index (χ1n) is 9.47. The summed E-state index contributed by atoms with van der Waals surface area (Å²) in [5.41, 5.74) is 0.669. The van der Waals surface area contributed by atoms with Gasteiger partial charge >= 0.3 is 5.97 Å². The quantitative estimate of drug-likeness (QED) is 0.236. The van der Waals surface area contributed by atoms with Crippen LogP contribution in [0.5, 0.6) is 11.5 Å². The SMILES string of the molecule is O=C(CNC(=O)c1ccccc1)OCC(=O)c1ccc(Oc2ccc([N+](=O)[O-])cc2)cc1. The first kappa shape index (κ1) is 22.2. The summed E-state index contributed by atoms with van der Waals surface area (Å²) in [5, 5.41) is 13.1. The Labute approximate surface area is 182 Å². The molecule has 0 aliphatic rings. The number of ether oxygens (including phenoxy) is 2. The molecule has 0 fully saturated rings. The summed E-state index contributed by atoms with van der Waals surface area (Å²) in [6, 6.07) is 20.1. The molecule has 0 aliphatic heterocycles. The highest BCUT2D eigenvalue weighted by molar-refractivity contribution is 5.98. The van der Waals surface area contributed by atoms with E-state index in [0.29, 0.717) is 22.6 Å². The summed E-state index contributed by atoms with van der Waals surface area (Å²) in [5.74, 6) is -0.745. The number of Topliss-reactive ketones (excluding diaryl/α,β-unsaturated/α-hetero) is 1. The van der Waals surface area contributed by atoms with Crippen molar-refractivity contribution in [2.45, 2.75) is 0 Å². The minimum absolute atomic E-state index is 0.0486. The lowest BCUT2D eigenvalue weighted by Crippen LogP contribution is -2.31. The molecule has 0 spiro atoms. The second-order valence-corrected chi connectivity index (χ2v) is 6.51. The third-order valence-corrected chi connectivity index (χ3v) is 4.25. The van der Waals surface area contributed by atoms with E-state index in [0.717, 1.165) is 0 Å². The van der Waals surface area contributed by atoms with Crippen LogP contribution in [0, 0.1) is 10.1 Å². The van der Waals surface area contributed by atoms with Crippen LogP contribution >= 0.6 is 0 Å². The van der Waals surface area contributed by atoms with E-state index < -0.39 is 29.2 Å². The van der Waals surface area contributed by atoms with Crippen molar-refractivity contribution >= 4 is 23.3 Å². The first-order valence-corrected chi connectivity index (χ1v) is 9.47. The molecule has 0 saturated heterocycles. The number of esters is 1. The van der Waals surface area contributed by atoms with Gasteiger partial charge < -0.3 is 14.8 Å². The van der Waals surface area contributed by atoms with E-state index in [9.17, 15) is 24.5 Å². The zero-order chi connectivity index (χ0) is 22.9. The number of nitro groups is 1. The minimum atomic E-state index is -0.735. The fraction of sp³-hybridized carbons (Fsp3) is 0.0870. The molecule has 32 heavy (non-hydrogen) atoms. The molecule has 0 aliphatic carbocycles. The molecule has 3 aromatic rings. The predicted molar refractivity (Wildman–Crippen MR) is 114 cm³/mol. The Morgan fingerprint density at radius 1 is 0.812 bits per heavy atom. The number of nitrogens with zero attached hydrogens (tertiary/aromatic N) is 1. The molecule has 0 aromatic heterocycles. The van der Waals surface area contributed by atoms with Crippen molar-refractivity contribution in [1.29, 1.82) is 0 Å². The van der Waals surface area contributed by atoms with E-state index in [1.807, 2.05) is 0 Å². The van der Waals surface area contributed by atoms with Crippen molar-refractivity contribution < 1.29 is 28.8 Å². The highest BCUT2D eigenvalue weighted by Gasteiger charge is 2.12. The van der Waals surface area contributed by atoms with Gasteiger partial charge in [0.1, 0.15) is 18.0 Å². The maximum Gasteiger partial charge on any atom is 0.325 e. The van der Waals surface area contributed by atoms with Crippen LogP contribution in [0.4, 0.5) is 5.69 Å². The molecule has 9 heteroatoms. The van der Waals surface area contributed by atoms with E-state index in [1.165, 1.54) is 36.4 Å². The van der Waals surface area contributed by atoms with Crippen molar-refractivity contribution in [2.24, 2.45) is 0 Å². The summed E-state index contributed by atoms with van der Waals surface area (Å²) in [4.78, 5) is 46.1. The number of ketones is 1. The van der Waals surface area contributed by atoms with E-state index in [2.05, 4.69) is 5.32 Å². The van der Waals surface area contributed by atoms with Gasteiger partial charge in [-0.1, -0.05) is 18.2 Å². The lowest BCUT2D eigenvalue weighted by Gasteiger charge is -2.08. The number of amides is 1. The fourth-order valence-corrected chi connectivity index (χ4v) is 2.61. The lowest BCUT2D eigenvalue weighted by molar-refractivity contribution is -0.384. The molecule has 1 N–H and O–H groups in total. The fourth-order valence-electron chi connectivity index (χ4n) is 2.61. The molecule has 162 valence electrons. The Hall–Kier alpha value is -4.53. The number of nitrogens with one attached hydrogen (secondary N) is 1. The van der Waals surface area contributed by atoms with Gasteiger partial charge in [0.15, 0.2) is 12.4 Å². The average molecular weight is 434 g/mol. The largest absolute Gasteiger partial charge is 0.457 e. The van der Waals surface area contributed by atoms with Crippen molar-refractivity contribution in [1.82, 2.24) is 5.32 Å². The third-order valence-electron chi connectivity index (χ3n) is 4.25. The van der Waals surface area contributed by atoms with Gasteiger partial charge in [-0.25, -0.2) is 0 Å².